The average molecular weight is 440 g/mol. The van der Waals surface area contributed by atoms with E-state index in [2.05, 4.69) is 4.98 Å². The monoisotopic (exact) mass is 439 g/mol. The number of aromatic nitrogens is 1. The molecule has 172 valence electrons. The molecule has 1 fully saturated rings. The zero-order valence-corrected chi connectivity index (χ0v) is 19.8. The lowest BCUT2D eigenvalue weighted by Crippen LogP contribution is -2.32. The Labute approximate surface area is 189 Å². The van der Waals surface area contributed by atoms with Gasteiger partial charge in [-0.1, -0.05) is 12.1 Å². The van der Waals surface area contributed by atoms with E-state index in [1.807, 2.05) is 71.0 Å². The summed E-state index contributed by atoms with van der Waals surface area (Å²) >= 11 is 0. The minimum Gasteiger partial charge on any atom is -0.507 e. The van der Waals surface area contributed by atoms with Gasteiger partial charge in [-0.2, -0.15) is 0 Å². The quantitative estimate of drug-likeness (QED) is 0.372. The summed E-state index contributed by atoms with van der Waals surface area (Å²) in [5.41, 5.74) is 4.04. The molecule has 2 heterocycles. The van der Waals surface area contributed by atoms with E-state index < -0.39 is 17.7 Å². The van der Waals surface area contributed by atoms with Gasteiger partial charge in [0.05, 0.1) is 18.2 Å². The van der Waals surface area contributed by atoms with E-state index in [1.165, 1.54) is 0 Å². The van der Waals surface area contributed by atoms with Crippen LogP contribution < -0.4 is 4.74 Å². The van der Waals surface area contributed by atoms with Crippen LogP contribution in [0.2, 0.25) is 0 Å². The van der Waals surface area contributed by atoms with Gasteiger partial charge in [-0.15, -0.1) is 0 Å². The molecule has 0 saturated carbocycles. The van der Waals surface area contributed by atoms with Crippen molar-refractivity contribution in [2.24, 2.45) is 0 Å². The third-order valence-electron chi connectivity index (χ3n) is 5.98. The second-order valence-electron chi connectivity index (χ2n) is 8.53. The van der Waals surface area contributed by atoms with Gasteiger partial charge in [-0.3, -0.25) is 9.59 Å². The number of rotatable bonds is 8. The Bertz CT molecular complexity index is 1030. The molecule has 1 aromatic heterocycles. The van der Waals surface area contributed by atoms with Crippen molar-refractivity contribution in [1.29, 1.82) is 0 Å². The lowest BCUT2D eigenvalue weighted by molar-refractivity contribution is -0.139. The molecule has 0 bridgehead atoms. The fourth-order valence-corrected chi connectivity index (χ4v) is 4.32. The highest BCUT2D eigenvalue weighted by atomic mass is 16.5. The number of aliphatic hydroxyl groups is 1. The Morgan fingerprint density at radius 1 is 1.12 bits per heavy atom. The van der Waals surface area contributed by atoms with Gasteiger partial charge in [0, 0.05) is 23.5 Å². The van der Waals surface area contributed by atoms with E-state index in [9.17, 15) is 14.7 Å². The zero-order chi connectivity index (χ0) is 23.6. The molecule has 1 unspecified atom stereocenters. The van der Waals surface area contributed by atoms with Gasteiger partial charge in [0.1, 0.15) is 11.5 Å². The fraction of sp³-hybridized carbons (Fsp3) is 0.440. The maximum atomic E-state index is 13.2. The molecule has 1 aromatic carbocycles. The summed E-state index contributed by atoms with van der Waals surface area (Å²) < 4.78 is 5.54. The summed E-state index contributed by atoms with van der Waals surface area (Å²) in [5.74, 6) is -0.638. The number of aryl methyl sites for hydroxylation is 2. The van der Waals surface area contributed by atoms with Crippen molar-refractivity contribution in [3.63, 3.8) is 0 Å². The van der Waals surface area contributed by atoms with Gasteiger partial charge in [0.15, 0.2) is 0 Å². The number of carbonyl (C=O) groups excluding carboxylic acids is 2. The van der Waals surface area contributed by atoms with Crippen LogP contribution in [0.4, 0.5) is 0 Å². The Balaban J connectivity index is 2.12. The molecule has 1 atom stereocenters. The molecule has 1 amide bonds. The van der Waals surface area contributed by atoms with Crippen LogP contribution in [-0.2, 0) is 9.59 Å². The highest BCUT2D eigenvalue weighted by molar-refractivity contribution is 6.46. The summed E-state index contributed by atoms with van der Waals surface area (Å²) in [5, 5.41) is 11.3. The largest absolute Gasteiger partial charge is 0.507 e. The van der Waals surface area contributed by atoms with Crippen molar-refractivity contribution in [2.45, 2.75) is 40.2 Å². The first-order valence-corrected chi connectivity index (χ1v) is 11.0. The van der Waals surface area contributed by atoms with E-state index in [0.717, 1.165) is 35.5 Å². The molecular weight excluding hydrogens is 406 g/mol. The summed E-state index contributed by atoms with van der Waals surface area (Å²) in [6, 6.07) is 6.72. The molecule has 3 rings (SSSR count). The normalized spacial score (nSPS) is 18.1. The third-order valence-corrected chi connectivity index (χ3v) is 5.98. The van der Waals surface area contributed by atoms with Crippen LogP contribution in [0.25, 0.3) is 5.76 Å². The van der Waals surface area contributed by atoms with Crippen molar-refractivity contribution < 1.29 is 19.4 Å². The second kappa shape index (κ2) is 9.61. The minimum absolute atomic E-state index is 0.128. The van der Waals surface area contributed by atoms with E-state index in [4.69, 9.17) is 4.74 Å². The summed E-state index contributed by atoms with van der Waals surface area (Å²) in [7, 11) is 3.94. The van der Waals surface area contributed by atoms with Crippen LogP contribution in [0.3, 0.4) is 0 Å². The van der Waals surface area contributed by atoms with Crippen LogP contribution in [-0.4, -0.2) is 65.4 Å². The molecule has 7 heteroatoms. The number of H-pyrrole nitrogens is 1. The summed E-state index contributed by atoms with van der Waals surface area (Å²) in [6.07, 6.45) is 0.717. The molecule has 1 aliphatic rings. The van der Waals surface area contributed by atoms with E-state index in [-0.39, 0.29) is 11.3 Å². The Morgan fingerprint density at radius 3 is 2.31 bits per heavy atom. The van der Waals surface area contributed by atoms with Crippen molar-refractivity contribution in [3.05, 3.63) is 57.9 Å². The number of Topliss-reactive ketones (excluding diaryl/α,β-unsaturated/α-hetero) is 1. The Kier molecular flexibility index (Phi) is 7.09. The number of aliphatic hydroxyl groups excluding tert-OH is 1. The highest BCUT2D eigenvalue weighted by Gasteiger charge is 2.46. The van der Waals surface area contributed by atoms with Crippen molar-refractivity contribution in [3.8, 4) is 5.75 Å². The molecular formula is C25H33N3O4. The lowest BCUT2D eigenvalue weighted by Gasteiger charge is -2.26. The van der Waals surface area contributed by atoms with Gasteiger partial charge < -0.3 is 24.6 Å². The first-order valence-electron chi connectivity index (χ1n) is 11.0. The number of ketones is 1. The standard InChI is InChI=1S/C25H33N3O4/c1-7-32-19-11-9-18(10-12-19)22-21(23(29)20-15(2)16(3)26-17(20)4)24(30)25(31)28(22)14-8-13-27(5)6/h9-12,22,26,29H,7-8,13-14H2,1-6H3/b23-21+. The number of aromatic amines is 1. The van der Waals surface area contributed by atoms with Crippen LogP contribution >= 0.6 is 0 Å². The predicted octanol–water partition coefficient (Wildman–Crippen LogP) is 3.71. The predicted molar refractivity (Wildman–Crippen MR) is 125 cm³/mol. The molecule has 0 spiro atoms. The van der Waals surface area contributed by atoms with Gasteiger partial charge in [-0.05, 0) is 78.0 Å². The molecule has 7 nitrogen and oxygen atoms in total. The smallest absolute Gasteiger partial charge is 0.295 e. The number of carbonyl (C=O) groups is 2. The first-order chi connectivity index (χ1) is 15.2. The van der Waals surface area contributed by atoms with Crippen LogP contribution in [0.15, 0.2) is 29.8 Å². The van der Waals surface area contributed by atoms with Gasteiger partial charge in [-0.25, -0.2) is 0 Å². The molecule has 2 aromatic rings. The molecule has 2 N–H and O–H groups in total. The minimum atomic E-state index is -0.651. The molecule has 0 aliphatic carbocycles. The Morgan fingerprint density at radius 2 is 1.78 bits per heavy atom. The number of ether oxygens (including phenoxy) is 1. The molecule has 0 radical (unpaired) electrons. The number of amides is 1. The third kappa shape index (κ3) is 4.43. The van der Waals surface area contributed by atoms with Gasteiger partial charge in [0.25, 0.3) is 11.7 Å². The summed E-state index contributed by atoms with van der Waals surface area (Å²) in [4.78, 5) is 33.0. The molecule has 1 aliphatic heterocycles. The SMILES string of the molecule is CCOc1ccc(C2/C(=C(\O)c3c(C)[nH]c(C)c3C)C(=O)C(=O)N2CCCN(C)C)cc1. The zero-order valence-electron chi connectivity index (χ0n) is 19.8. The maximum absolute atomic E-state index is 13.2. The fourth-order valence-electron chi connectivity index (χ4n) is 4.32. The second-order valence-corrected chi connectivity index (χ2v) is 8.53. The van der Waals surface area contributed by atoms with Gasteiger partial charge >= 0.3 is 0 Å². The van der Waals surface area contributed by atoms with Crippen molar-refractivity contribution in [2.75, 3.05) is 33.8 Å². The van der Waals surface area contributed by atoms with Crippen LogP contribution in [0.1, 0.15) is 47.5 Å². The summed E-state index contributed by atoms with van der Waals surface area (Å²) in [6.45, 7) is 9.34. The van der Waals surface area contributed by atoms with E-state index in [0.29, 0.717) is 24.5 Å². The van der Waals surface area contributed by atoms with Gasteiger partial charge in [0.2, 0.25) is 0 Å². The number of likely N-dealkylation sites (tertiary alicyclic amines) is 1. The first kappa shape index (κ1) is 23.6. The van der Waals surface area contributed by atoms with Crippen molar-refractivity contribution in [1.82, 2.24) is 14.8 Å². The molecule has 1 saturated heterocycles. The number of nitrogens with zero attached hydrogens (tertiary/aromatic N) is 2. The Hall–Kier alpha value is -3.06. The van der Waals surface area contributed by atoms with E-state index >= 15 is 0 Å². The number of hydrogen-bond acceptors (Lipinski definition) is 5. The number of benzene rings is 1. The van der Waals surface area contributed by atoms with E-state index in [1.54, 1.807) is 4.90 Å². The van der Waals surface area contributed by atoms with Crippen molar-refractivity contribution >= 4 is 17.4 Å². The number of hydrogen-bond donors (Lipinski definition) is 2. The highest BCUT2D eigenvalue weighted by Crippen LogP contribution is 2.41. The average Bonchev–Trinajstić information content (AvgIpc) is 3.14. The van der Waals surface area contributed by atoms with Crippen LogP contribution in [0.5, 0.6) is 5.75 Å². The topological polar surface area (TPSA) is 85.9 Å². The molecule has 32 heavy (non-hydrogen) atoms. The van der Waals surface area contributed by atoms with Crippen LogP contribution in [0, 0.1) is 20.8 Å². The maximum Gasteiger partial charge on any atom is 0.295 e. The lowest BCUT2D eigenvalue weighted by atomic mass is 9.94. The number of nitrogens with one attached hydrogen (secondary N) is 1.